The van der Waals surface area contributed by atoms with E-state index in [0.717, 1.165) is 18.4 Å². The summed E-state index contributed by atoms with van der Waals surface area (Å²) in [6.07, 6.45) is 2.40. The molecule has 0 aliphatic heterocycles. The second-order valence-electron chi connectivity index (χ2n) is 4.23. The van der Waals surface area contributed by atoms with E-state index in [1.807, 2.05) is 31.2 Å². The molecule has 17 heavy (non-hydrogen) atoms. The zero-order chi connectivity index (χ0) is 12.7. The zero-order valence-electron chi connectivity index (χ0n) is 10.4. The summed E-state index contributed by atoms with van der Waals surface area (Å²) >= 11 is 5.81. The van der Waals surface area contributed by atoms with E-state index in [1.165, 1.54) is 0 Å². The summed E-state index contributed by atoms with van der Waals surface area (Å²) < 4.78 is 5.13. The fourth-order valence-corrected chi connectivity index (χ4v) is 1.67. The van der Waals surface area contributed by atoms with Gasteiger partial charge in [0.15, 0.2) is 0 Å². The van der Waals surface area contributed by atoms with E-state index in [1.54, 1.807) is 0 Å². The number of ether oxygens (including phenoxy) is 1. The molecule has 94 valence electrons. The zero-order valence-corrected chi connectivity index (χ0v) is 11.2. The van der Waals surface area contributed by atoms with Gasteiger partial charge in [0.2, 0.25) is 0 Å². The first-order chi connectivity index (χ1) is 8.13. The number of hydrogen-bond acceptors (Lipinski definition) is 2. The van der Waals surface area contributed by atoms with Gasteiger partial charge < -0.3 is 4.74 Å². The third-order valence-electron chi connectivity index (χ3n) is 2.67. The lowest BCUT2D eigenvalue weighted by Gasteiger charge is -2.11. The van der Waals surface area contributed by atoms with Crippen molar-refractivity contribution in [3.05, 3.63) is 34.9 Å². The molecule has 0 N–H and O–H groups in total. The Kier molecular flexibility index (Phi) is 6.06. The van der Waals surface area contributed by atoms with E-state index in [0.29, 0.717) is 18.1 Å². The maximum Gasteiger partial charge on any atom is 0.306 e. The third kappa shape index (κ3) is 5.22. The average molecular weight is 255 g/mol. The topological polar surface area (TPSA) is 26.3 Å². The van der Waals surface area contributed by atoms with Gasteiger partial charge in [-0.1, -0.05) is 44.0 Å². The largest absolute Gasteiger partial charge is 0.466 e. The standard InChI is InChI=1S/C14H19ClO2/c1-3-4-9-17-14(16)10-11(2)12-5-7-13(15)8-6-12/h5-8,11H,3-4,9-10H2,1-2H3. The summed E-state index contributed by atoms with van der Waals surface area (Å²) in [4.78, 5) is 11.5. The number of carbonyl (C=O) groups is 1. The molecule has 1 unspecified atom stereocenters. The first kappa shape index (κ1) is 14.0. The van der Waals surface area contributed by atoms with Crippen LogP contribution in [0.1, 0.15) is 44.6 Å². The van der Waals surface area contributed by atoms with Crippen molar-refractivity contribution in [2.24, 2.45) is 0 Å². The molecule has 0 saturated heterocycles. The lowest BCUT2D eigenvalue weighted by atomic mass is 9.98. The Morgan fingerprint density at radius 1 is 1.35 bits per heavy atom. The SMILES string of the molecule is CCCCOC(=O)CC(C)c1ccc(Cl)cc1. The van der Waals surface area contributed by atoms with Crippen molar-refractivity contribution < 1.29 is 9.53 Å². The van der Waals surface area contributed by atoms with E-state index < -0.39 is 0 Å². The quantitative estimate of drug-likeness (QED) is 0.562. The molecule has 0 heterocycles. The first-order valence-electron chi connectivity index (χ1n) is 6.04. The minimum absolute atomic E-state index is 0.124. The molecule has 3 heteroatoms. The number of carbonyl (C=O) groups excluding carboxylic acids is 1. The predicted molar refractivity (Wildman–Crippen MR) is 70.4 cm³/mol. The van der Waals surface area contributed by atoms with Crippen LogP contribution in [0, 0.1) is 0 Å². The van der Waals surface area contributed by atoms with Crippen LogP contribution in [0.4, 0.5) is 0 Å². The average Bonchev–Trinajstić information content (AvgIpc) is 2.30. The van der Waals surface area contributed by atoms with Crippen molar-refractivity contribution in [1.82, 2.24) is 0 Å². The van der Waals surface area contributed by atoms with Crippen LogP contribution in [0.5, 0.6) is 0 Å². The molecule has 0 bridgehead atoms. The second-order valence-corrected chi connectivity index (χ2v) is 4.67. The molecule has 1 rings (SSSR count). The van der Waals surface area contributed by atoms with E-state index in [9.17, 15) is 4.79 Å². The highest BCUT2D eigenvalue weighted by Gasteiger charge is 2.11. The summed E-state index contributed by atoms with van der Waals surface area (Å²) in [5.74, 6) is 0.0438. The first-order valence-corrected chi connectivity index (χ1v) is 6.42. The van der Waals surface area contributed by atoms with Crippen molar-refractivity contribution in [2.75, 3.05) is 6.61 Å². The lowest BCUT2D eigenvalue weighted by molar-refractivity contribution is -0.144. The van der Waals surface area contributed by atoms with Crippen LogP contribution in [-0.2, 0) is 9.53 Å². The van der Waals surface area contributed by atoms with Gasteiger partial charge in [-0.3, -0.25) is 4.79 Å². The van der Waals surface area contributed by atoms with Gasteiger partial charge in [0, 0.05) is 5.02 Å². The van der Waals surface area contributed by atoms with Crippen LogP contribution in [0.15, 0.2) is 24.3 Å². The highest BCUT2D eigenvalue weighted by molar-refractivity contribution is 6.30. The van der Waals surface area contributed by atoms with Gasteiger partial charge in [-0.15, -0.1) is 0 Å². The van der Waals surface area contributed by atoms with Gasteiger partial charge in [0.05, 0.1) is 13.0 Å². The predicted octanol–water partition coefficient (Wildman–Crippen LogP) is 4.18. The maximum absolute atomic E-state index is 11.5. The van der Waals surface area contributed by atoms with E-state index in [2.05, 4.69) is 6.92 Å². The maximum atomic E-state index is 11.5. The van der Waals surface area contributed by atoms with Gasteiger partial charge >= 0.3 is 5.97 Å². The van der Waals surface area contributed by atoms with Crippen molar-refractivity contribution in [1.29, 1.82) is 0 Å². The molecule has 0 fully saturated rings. The number of esters is 1. The number of benzene rings is 1. The van der Waals surface area contributed by atoms with Crippen molar-refractivity contribution in [3.8, 4) is 0 Å². The van der Waals surface area contributed by atoms with Crippen LogP contribution in [-0.4, -0.2) is 12.6 Å². The molecule has 0 aromatic heterocycles. The van der Waals surface area contributed by atoms with Gasteiger partial charge in [0.1, 0.15) is 0 Å². The molecular formula is C14H19ClO2. The summed E-state index contributed by atoms with van der Waals surface area (Å²) in [7, 11) is 0. The molecule has 1 aromatic carbocycles. The van der Waals surface area contributed by atoms with E-state index in [4.69, 9.17) is 16.3 Å². The fourth-order valence-electron chi connectivity index (χ4n) is 1.55. The van der Waals surface area contributed by atoms with Crippen molar-refractivity contribution >= 4 is 17.6 Å². The van der Waals surface area contributed by atoms with E-state index in [-0.39, 0.29) is 11.9 Å². The highest BCUT2D eigenvalue weighted by Crippen LogP contribution is 2.21. The number of rotatable bonds is 6. The molecule has 0 amide bonds. The Bertz CT molecular complexity index is 346. The van der Waals surface area contributed by atoms with Gasteiger partial charge in [-0.05, 0) is 30.0 Å². The summed E-state index contributed by atoms with van der Waals surface area (Å²) in [5, 5.41) is 0.714. The Labute approximate surface area is 108 Å². The number of unbranched alkanes of at least 4 members (excludes halogenated alkanes) is 1. The van der Waals surface area contributed by atoms with Crippen LogP contribution in [0.3, 0.4) is 0 Å². The fraction of sp³-hybridized carbons (Fsp3) is 0.500. The Balaban J connectivity index is 2.40. The van der Waals surface area contributed by atoms with Crippen molar-refractivity contribution in [3.63, 3.8) is 0 Å². The van der Waals surface area contributed by atoms with Gasteiger partial charge in [0.25, 0.3) is 0 Å². The summed E-state index contributed by atoms with van der Waals surface area (Å²) in [5.41, 5.74) is 1.11. The van der Waals surface area contributed by atoms with Crippen LogP contribution < -0.4 is 0 Å². The summed E-state index contributed by atoms with van der Waals surface area (Å²) in [6.45, 7) is 4.62. The monoisotopic (exact) mass is 254 g/mol. The van der Waals surface area contributed by atoms with Gasteiger partial charge in [-0.2, -0.15) is 0 Å². The number of halogens is 1. The molecule has 1 aromatic rings. The Hall–Kier alpha value is -1.02. The molecule has 0 saturated carbocycles. The molecular weight excluding hydrogens is 236 g/mol. The Morgan fingerprint density at radius 2 is 2.00 bits per heavy atom. The van der Waals surface area contributed by atoms with Gasteiger partial charge in [-0.25, -0.2) is 0 Å². The molecule has 0 radical (unpaired) electrons. The minimum Gasteiger partial charge on any atom is -0.466 e. The number of hydrogen-bond donors (Lipinski definition) is 0. The van der Waals surface area contributed by atoms with Crippen LogP contribution in [0.25, 0.3) is 0 Å². The van der Waals surface area contributed by atoms with E-state index >= 15 is 0 Å². The Morgan fingerprint density at radius 3 is 2.59 bits per heavy atom. The van der Waals surface area contributed by atoms with Crippen molar-refractivity contribution in [2.45, 2.75) is 39.0 Å². The highest BCUT2D eigenvalue weighted by atomic mass is 35.5. The second kappa shape index (κ2) is 7.33. The molecule has 0 spiro atoms. The summed E-state index contributed by atoms with van der Waals surface area (Å²) in [6, 6.07) is 7.59. The normalized spacial score (nSPS) is 12.2. The van der Waals surface area contributed by atoms with Crippen LogP contribution >= 0.6 is 11.6 Å². The minimum atomic E-state index is -0.124. The van der Waals surface area contributed by atoms with Crippen LogP contribution in [0.2, 0.25) is 5.02 Å². The third-order valence-corrected chi connectivity index (χ3v) is 2.92. The lowest BCUT2D eigenvalue weighted by Crippen LogP contribution is -2.09. The molecule has 1 atom stereocenters. The molecule has 0 aliphatic rings. The molecule has 2 nitrogen and oxygen atoms in total. The molecule has 0 aliphatic carbocycles. The smallest absolute Gasteiger partial charge is 0.306 e.